The van der Waals surface area contributed by atoms with Crippen molar-refractivity contribution in [1.82, 2.24) is 0 Å². The summed E-state index contributed by atoms with van der Waals surface area (Å²) < 4.78 is 23.2. The van der Waals surface area contributed by atoms with Crippen molar-refractivity contribution < 1.29 is 23.4 Å². The van der Waals surface area contributed by atoms with Gasteiger partial charge in [0.2, 0.25) is 5.76 Å². The molecule has 1 unspecified atom stereocenters. The minimum atomic E-state index is -0.772. The average molecular weight is 534 g/mol. The molecule has 2 heterocycles. The van der Waals surface area contributed by atoms with Gasteiger partial charge in [0.05, 0.1) is 42.3 Å². The van der Waals surface area contributed by atoms with Crippen LogP contribution in [0.2, 0.25) is 5.02 Å². The van der Waals surface area contributed by atoms with Gasteiger partial charge in [0.25, 0.3) is 5.91 Å². The van der Waals surface area contributed by atoms with Crippen molar-refractivity contribution in [1.29, 1.82) is 0 Å². The summed E-state index contributed by atoms with van der Waals surface area (Å²) in [5.41, 5.74) is 1.54. The van der Waals surface area contributed by atoms with Crippen LogP contribution in [0.4, 0.5) is 5.69 Å². The molecule has 5 rings (SSSR count). The lowest BCUT2D eigenvalue weighted by atomic mass is 9.97. The smallest absolute Gasteiger partial charge is 0.295 e. The SMILES string of the molecule is CCCCOc1ccc(C2c3c(oc4ccccc4c3=O)C(=O)N2c2ccc(OC)c(Cl)c2)cc1OCC. The van der Waals surface area contributed by atoms with Gasteiger partial charge in [-0.3, -0.25) is 14.5 Å². The zero-order valence-corrected chi connectivity index (χ0v) is 22.2. The van der Waals surface area contributed by atoms with Gasteiger partial charge >= 0.3 is 0 Å². The molecule has 7 nitrogen and oxygen atoms in total. The normalized spacial score (nSPS) is 14.6. The lowest BCUT2D eigenvalue weighted by molar-refractivity contribution is 0.0971. The van der Waals surface area contributed by atoms with Crippen LogP contribution in [0, 0.1) is 0 Å². The third-order valence-corrected chi connectivity index (χ3v) is 6.83. The number of nitrogens with zero attached hydrogens (tertiary/aromatic N) is 1. The Morgan fingerprint density at radius 2 is 1.74 bits per heavy atom. The van der Waals surface area contributed by atoms with Crippen molar-refractivity contribution in [2.75, 3.05) is 25.2 Å². The topological polar surface area (TPSA) is 78.2 Å². The summed E-state index contributed by atoms with van der Waals surface area (Å²) in [5.74, 6) is 1.20. The molecule has 196 valence electrons. The van der Waals surface area contributed by atoms with E-state index in [9.17, 15) is 9.59 Å². The summed E-state index contributed by atoms with van der Waals surface area (Å²) in [7, 11) is 1.52. The van der Waals surface area contributed by atoms with Gasteiger partial charge < -0.3 is 18.6 Å². The Hall–Kier alpha value is -3.97. The molecule has 0 N–H and O–H groups in total. The molecule has 0 fully saturated rings. The third-order valence-electron chi connectivity index (χ3n) is 6.53. The Morgan fingerprint density at radius 1 is 0.947 bits per heavy atom. The van der Waals surface area contributed by atoms with Gasteiger partial charge in [-0.25, -0.2) is 0 Å². The van der Waals surface area contributed by atoms with Crippen LogP contribution in [0.5, 0.6) is 17.2 Å². The summed E-state index contributed by atoms with van der Waals surface area (Å²) in [5, 5.41) is 0.745. The monoisotopic (exact) mass is 533 g/mol. The average Bonchev–Trinajstić information content (AvgIpc) is 3.22. The van der Waals surface area contributed by atoms with Gasteiger partial charge in [-0.1, -0.05) is 43.1 Å². The lowest BCUT2D eigenvalue weighted by Gasteiger charge is -2.26. The predicted molar refractivity (Wildman–Crippen MR) is 147 cm³/mol. The molecule has 0 spiro atoms. The zero-order chi connectivity index (χ0) is 26.8. The minimum absolute atomic E-state index is 0.00636. The molecule has 0 bridgehead atoms. The van der Waals surface area contributed by atoms with E-state index in [1.807, 2.05) is 25.1 Å². The third kappa shape index (κ3) is 4.47. The van der Waals surface area contributed by atoms with Crippen molar-refractivity contribution >= 4 is 34.2 Å². The van der Waals surface area contributed by atoms with E-state index in [0.29, 0.717) is 57.7 Å². The quantitative estimate of drug-likeness (QED) is 0.221. The van der Waals surface area contributed by atoms with Crippen LogP contribution < -0.4 is 24.5 Å². The number of rotatable bonds is 9. The number of anilines is 1. The van der Waals surface area contributed by atoms with E-state index in [-0.39, 0.29) is 16.8 Å². The molecule has 1 aliphatic heterocycles. The molecule has 1 aliphatic rings. The summed E-state index contributed by atoms with van der Waals surface area (Å²) in [6, 6.07) is 16.7. The molecule has 0 aliphatic carbocycles. The zero-order valence-electron chi connectivity index (χ0n) is 21.5. The van der Waals surface area contributed by atoms with Crippen LogP contribution in [-0.2, 0) is 0 Å². The number of para-hydroxylation sites is 1. The summed E-state index contributed by atoms with van der Waals surface area (Å²) >= 11 is 6.44. The van der Waals surface area contributed by atoms with Crippen LogP contribution >= 0.6 is 11.6 Å². The number of amides is 1. The van der Waals surface area contributed by atoms with Crippen molar-refractivity contribution in [2.45, 2.75) is 32.7 Å². The highest BCUT2D eigenvalue weighted by atomic mass is 35.5. The molecular weight excluding hydrogens is 506 g/mol. The molecule has 38 heavy (non-hydrogen) atoms. The van der Waals surface area contributed by atoms with Crippen molar-refractivity contribution in [3.8, 4) is 17.2 Å². The first-order valence-corrected chi connectivity index (χ1v) is 13.0. The van der Waals surface area contributed by atoms with E-state index < -0.39 is 11.9 Å². The van der Waals surface area contributed by atoms with Crippen molar-refractivity contribution in [3.05, 3.63) is 92.8 Å². The Kier molecular flexibility index (Phi) is 7.29. The van der Waals surface area contributed by atoms with E-state index in [0.717, 1.165) is 12.8 Å². The van der Waals surface area contributed by atoms with E-state index >= 15 is 0 Å². The molecule has 0 radical (unpaired) electrons. The van der Waals surface area contributed by atoms with Gasteiger partial charge in [0.15, 0.2) is 16.9 Å². The fourth-order valence-electron chi connectivity index (χ4n) is 4.72. The van der Waals surface area contributed by atoms with Crippen LogP contribution in [0.15, 0.2) is 69.9 Å². The number of ether oxygens (including phenoxy) is 3. The molecular formula is C30H28ClNO6. The highest BCUT2D eigenvalue weighted by Gasteiger charge is 2.44. The molecule has 1 aromatic heterocycles. The molecule has 0 saturated heterocycles. The number of halogens is 1. The van der Waals surface area contributed by atoms with Crippen LogP contribution in [0.1, 0.15) is 54.4 Å². The Balaban J connectivity index is 1.71. The molecule has 0 saturated carbocycles. The number of fused-ring (bicyclic) bond motifs is 2. The van der Waals surface area contributed by atoms with Gasteiger partial charge in [-0.05, 0) is 61.4 Å². The Morgan fingerprint density at radius 3 is 2.47 bits per heavy atom. The maximum Gasteiger partial charge on any atom is 0.295 e. The first-order chi connectivity index (χ1) is 18.5. The Labute approximate surface area is 225 Å². The predicted octanol–water partition coefficient (Wildman–Crippen LogP) is 6.78. The minimum Gasteiger partial charge on any atom is -0.495 e. The van der Waals surface area contributed by atoms with Crippen molar-refractivity contribution in [3.63, 3.8) is 0 Å². The second-order valence-electron chi connectivity index (χ2n) is 8.91. The second-order valence-corrected chi connectivity index (χ2v) is 9.32. The number of carbonyl (C=O) groups excluding carboxylic acids is 1. The maximum atomic E-state index is 13.9. The fraction of sp³-hybridized carbons (Fsp3) is 0.267. The second kappa shape index (κ2) is 10.8. The van der Waals surface area contributed by atoms with E-state index in [2.05, 4.69) is 6.92 Å². The number of unbranched alkanes of at least 4 members (excludes halogenated alkanes) is 1. The first kappa shape index (κ1) is 25.7. The van der Waals surface area contributed by atoms with Crippen molar-refractivity contribution in [2.24, 2.45) is 0 Å². The summed E-state index contributed by atoms with van der Waals surface area (Å²) in [6.45, 7) is 4.98. The molecule has 8 heteroatoms. The van der Waals surface area contributed by atoms with Gasteiger partial charge in [-0.2, -0.15) is 0 Å². The van der Waals surface area contributed by atoms with E-state index in [1.54, 1.807) is 42.5 Å². The number of carbonyl (C=O) groups is 1. The summed E-state index contributed by atoms with van der Waals surface area (Å²) in [6.07, 6.45) is 1.92. The maximum absolute atomic E-state index is 13.9. The highest BCUT2D eigenvalue weighted by Crippen LogP contribution is 2.44. The summed E-state index contributed by atoms with van der Waals surface area (Å²) in [4.78, 5) is 29.2. The number of methoxy groups -OCH3 is 1. The van der Waals surface area contributed by atoms with Crippen LogP contribution in [0.3, 0.4) is 0 Å². The highest BCUT2D eigenvalue weighted by molar-refractivity contribution is 6.32. The number of hydrogen-bond acceptors (Lipinski definition) is 6. The van der Waals surface area contributed by atoms with E-state index in [1.165, 1.54) is 12.0 Å². The molecule has 1 atom stereocenters. The lowest BCUT2D eigenvalue weighted by Crippen LogP contribution is -2.29. The van der Waals surface area contributed by atoms with E-state index in [4.69, 9.17) is 30.2 Å². The van der Waals surface area contributed by atoms with Gasteiger partial charge in [0.1, 0.15) is 11.3 Å². The standard InChI is InChI=1S/C30H28ClNO6/c1-4-6-15-37-24-13-11-18(16-25(24)36-5-2)27-26-28(33)20-9-7-8-10-22(20)38-29(26)30(34)32(27)19-12-14-23(35-3)21(31)17-19/h7-14,16-17,27H,4-6,15H2,1-3H3. The first-order valence-electron chi connectivity index (χ1n) is 12.6. The van der Waals surface area contributed by atoms with Crippen LogP contribution in [0.25, 0.3) is 11.0 Å². The number of benzene rings is 3. The van der Waals surface area contributed by atoms with Gasteiger partial charge in [0, 0.05) is 5.69 Å². The number of hydrogen-bond donors (Lipinski definition) is 0. The van der Waals surface area contributed by atoms with Gasteiger partial charge in [-0.15, -0.1) is 0 Å². The fourth-order valence-corrected chi connectivity index (χ4v) is 4.97. The largest absolute Gasteiger partial charge is 0.495 e. The molecule has 1 amide bonds. The molecule has 4 aromatic rings. The Bertz CT molecular complexity index is 1560. The van der Waals surface area contributed by atoms with Crippen LogP contribution in [-0.4, -0.2) is 26.2 Å². The molecule has 3 aromatic carbocycles.